The van der Waals surface area contributed by atoms with E-state index in [9.17, 15) is 4.39 Å². The number of anilines is 1. The fraction of sp³-hybridized carbons (Fsp3) is 0.611. The van der Waals surface area contributed by atoms with Gasteiger partial charge in [-0.05, 0) is 19.8 Å². The molecule has 138 valence electrons. The van der Waals surface area contributed by atoms with Gasteiger partial charge in [0.1, 0.15) is 17.2 Å². The Bertz CT molecular complexity index is 712. The SMILES string of the molecule is CC.CCC1CN(c2nc(C)nc3c(F)c(Cl)ncc23)CC(CC)N1. The van der Waals surface area contributed by atoms with Gasteiger partial charge in [0.05, 0.1) is 5.39 Å². The Hall–Kier alpha value is -1.53. The molecule has 0 spiro atoms. The van der Waals surface area contributed by atoms with E-state index in [1.807, 2.05) is 13.8 Å². The lowest BCUT2D eigenvalue weighted by atomic mass is 10.1. The van der Waals surface area contributed by atoms with E-state index in [0.29, 0.717) is 23.3 Å². The second-order valence-corrected chi connectivity index (χ2v) is 6.36. The predicted molar refractivity (Wildman–Crippen MR) is 102 cm³/mol. The summed E-state index contributed by atoms with van der Waals surface area (Å²) in [6.45, 7) is 11.8. The van der Waals surface area contributed by atoms with Crippen LogP contribution in [0.3, 0.4) is 0 Å². The van der Waals surface area contributed by atoms with Crippen LogP contribution in [0.15, 0.2) is 6.20 Å². The molecule has 1 aliphatic rings. The first-order chi connectivity index (χ1) is 12.0. The Kier molecular flexibility index (Phi) is 6.90. The number of halogens is 2. The first-order valence-corrected chi connectivity index (χ1v) is 9.40. The minimum absolute atomic E-state index is 0.153. The second kappa shape index (κ2) is 8.72. The number of rotatable bonds is 3. The molecule has 3 heterocycles. The van der Waals surface area contributed by atoms with Crippen LogP contribution in [-0.4, -0.2) is 40.1 Å². The molecule has 0 radical (unpaired) electrons. The molecule has 1 fully saturated rings. The highest BCUT2D eigenvalue weighted by atomic mass is 35.5. The van der Waals surface area contributed by atoms with E-state index >= 15 is 0 Å². The van der Waals surface area contributed by atoms with Gasteiger partial charge in [0, 0.05) is 31.4 Å². The van der Waals surface area contributed by atoms with Crippen molar-refractivity contribution in [3.05, 3.63) is 23.0 Å². The van der Waals surface area contributed by atoms with Crippen LogP contribution in [0.2, 0.25) is 5.15 Å². The summed E-state index contributed by atoms with van der Waals surface area (Å²) in [6.07, 6.45) is 3.64. The molecule has 1 aliphatic heterocycles. The maximum absolute atomic E-state index is 14.3. The first-order valence-electron chi connectivity index (χ1n) is 9.02. The molecule has 2 unspecified atom stereocenters. The normalized spacial score (nSPS) is 20.4. The molecule has 5 nitrogen and oxygen atoms in total. The number of piperazine rings is 1. The average Bonchev–Trinajstić information content (AvgIpc) is 2.65. The lowest BCUT2D eigenvalue weighted by Gasteiger charge is -2.39. The summed E-state index contributed by atoms with van der Waals surface area (Å²) in [5.41, 5.74) is 0.243. The van der Waals surface area contributed by atoms with Gasteiger partial charge in [-0.25, -0.2) is 19.3 Å². The van der Waals surface area contributed by atoms with Crippen LogP contribution in [-0.2, 0) is 0 Å². The van der Waals surface area contributed by atoms with Crippen LogP contribution in [0, 0.1) is 12.7 Å². The molecule has 0 aliphatic carbocycles. The Balaban J connectivity index is 0.00000109. The summed E-state index contributed by atoms with van der Waals surface area (Å²) in [6, 6.07) is 0.785. The minimum atomic E-state index is -0.579. The number of fused-ring (bicyclic) bond motifs is 1. The number of nitrogens with one attached hydrogen (secondary N) is 1. The van der Waals surface area contributed by atoms with Crippen molar-refractivity contribution in [2.45, 2.75) is 59.5 Å². The quantitative estimate of drug-likeness (QED) is 0.827. The summed E-state index contributed by atoms with van der Waals surface area (Å²) in [5.74, 6) is 0.701. The van der Waals surface area contributed by atoms with Gasteiger partial charge in [-0.2, -0.15) is 0 Å². The molecule has 2 aromatic heterocycles. The third kappa shape index (κ3) is 4.18. The van der Waals surface area contributed by atoms with Crippen LogP contribution >= 0.6 is 11.6 Å². The van der Waals surface area contributed by atoms with Gasteiger partial charge in [0.25, 0.3) is 0 Å². The summed E-state index contributed by atoms with van der Waals surface area (Å²) in [7, 11) is 0. The highest BCUT2D eigenvalue weighted by Gasteiger charge is 2.27. The van der Waals surface area contributed by atoms with Gasteiger partial charge in [0.2, 0.25) is 0 Å². The summed E-state index contributed by atoms with van der Waals surface area (Å²) in [5, 5.41) is 4.10. The standard InChI is InChI=1S/C16H21ClFN5.C2H6/c1-4-10-7-23(8-11(5-2)22-10)16-12-6-19-15(17)13(18)14(12)20-9(3)21-16;1-2/h6,10-11,22H,4-5,7-8H2,1-3H3;1-2H3. The molecule has 25 heavy (non-hydrogen) atoms. The van der Waals surface area contributed by atoms with Gasteiger partial charge in [0.15, 0.2) is 11.0 Å². The zero-order valence-corrected chi connectivity index (χ0v) is 16.4. The summed E-state index contributed by atoms with van der Waals surface area (Å²) < 4.78 is 14.3. The number of hydrogen-bond donors (Lipinski definition) is 1. The Morgan fingerprint density at radius 2 is 1.80 bits per heavy atom. The van der Waals surface area contributed by atoms with Gasteiger partial charge >= 0.3 is 0 Å². The zero-order chi connectivity index (χ0) is 18.6. The Labute approximate surface area is 154 Å². The number of hydrogen-bond acceptors (Lipinski definition) is 5. The highest BCUT2D eigenvalue weighted by Crippen LogP contribution is 2.29. The van der Waals surface area contributed by atoms with E-state index in [-0.39, 0.29) is 10.7 Å². The largest absolute Gasteiger partial charge is 0.353 e. The summed E-state index contributed by atoms with van der Waals surface area (Å²) >= 11 is 5.80. The van der Waals surface area contributed by atoms with E-state index in [2.05, 4.69) is 39.0 Å². The van der Waals surface area contributed by atoms with E-state index < -0.39 is 5.82 Å². The Morgan fingerprint density at radius 3 is 2.36 bits per heavy atom. The van der Waals surface area contributed by atoms with Crippen LogP contribution in [0.25, 0.3) is 10.9 Å². The second-order valence-electron chi connectivity index (χ2n) is 6.00. The highest BCUT2D eigenvalue weighted by molar-refractivity contribution is 6.30. The molecule has 0 amide bonds. The van der Waals surface area contributed by atoms with E-state index in [1.54, 1.807) is 13.1 Å². The minimum Gasteiger partial charge on any atom is -0.353 e. The molecular formula is C18H27ClFN5. The Morgan fingerprint density at radius 1 is 1.20 bits per heavy atom. The fourth-order valence-corrected chi connectivity index (χ4v) is 3.22. The van der Waals surface area contributed by atoms with E-state index in [1.165, 1.54) is 0 Å². The van der Waals surface area contributed by atoms with Gasteiger partial charge in [-0.1, -0.05) is 39.3 Å². The van der Waals surface area contributed by atoms with Gasteiger partial charge in [-0.15, -0.1) is 0 Å². The third-order valence-electron chi connectivity index (χ3n) is 4.37. The van der Waals surface area contributed by atoms with Crippen molar-refractivity contribution in [3.8, 4) is 0 Å². The van der Waals surface area contributed by atoms with Crippen molar-refractivity contribution in [2.24, 2.45) is 0 Å². The monoisotopic (exact) mass is 367 g/mol. The van der Waals surface area contributed by atoms with E-state index in [4.69, 9.17) is 11.6 Å². The van der Waals surface area contributed by atoms with Gasteiger partial charge < -0.3 is 10.2 Å². The van der Waals surface area contributed by atoms with Crippen molar-refractivity contribution in [1.29, 1.82) is 0 Å². The molecule has 0 aromatic carbocycles. The van der Waals surface area contributed by atoms with Crippen LogP contribution < -0.4 is 10.2 Å². The van der Waals surface area contributed by atoms with Crippen LogP contribution in [0.1, 0.15) is 46.4 Å². The molecule has 2 aromatic rings. The molecule has 1 saturated heterocycles. The van der Waals surface area contributed by atoms with Crippen molar-refractivity contribution in [3.63, 3.8) is 0 Å². The maximum atomic E-state index is 14.3. The van der Waals surface area contributed by atoms with E-state index in [0.717, 1.165) is 31.7 Å². The lowest BCUT2D eigenvalue weighted by molar-refractivity contribution is 0.356. The third-order valence-corrected chi connectivity index (χ3v) is 4.63. The number of aromatic nitrogens is 3. The maximum Gasteiger partial charge on any atom is 0.186 e. The number of pyridine rings is 1. The summed E-state index contributed by atoms with van der Waals surface area (Å²) in [4.78, 5) is 14.9. The van der Waals surface area contributed by atoms with Crippen molar-refractivity contribution in [1.82, 2.24) is 20.3 Å². The zero-order valence-electron chi connectivity index (χ0n) is 15.6. The average molecular weight is 368 g/mol. The molecule has 1 N–H and O–H groups in total. The van der Waals surface area contributed by atoms with Crippen molar-refractivity contribution in [2.75, 3.05) is 18.0 Å². The molecule has 7 heteroatoms. The van der Waals surface area contributed by atoms with Crippen LogP contribution in [0.5, 0.6) is 0 Å². The van der Waals surface area contributed by atoms with Crippen molar-refractivity contribution >= 4 is 28.3 Å². The van der Waals surface area contributed by atoms with Gasteiger partial charge in [-0.3, -0.25) is 0 Å². The fourth-order valence-electron chi connectivity index (χ4n) is 3.08. The molecular weight excluding hydrogens is 341 g/mol. The predicted octanol–water partition coefficient (Wildman–Crippen LogP) is 4.12. The number of aryl methyl sites for hydroxylation is 1. The molecule has 0 saturated carbocycles. The number of nitrogens with zero attached hydrogens (tertiary/aromatic N) is 4. The smallest absolute Gasteiger partial charge is 0.186 e. The van der Waals surface area contributed by atoms with Crippen molar-refractivity contribution < 1.29 is 4.39 Å². The molecule has 3 rings (SSSR count). The lowest BCUT2D eigenvalue weighted by Crippen LogP contribution is -2.56. The topological polar surface area (TPSA) is 53.9 Å². The van der Waals surface area contributed by atoms with Crippen LogP contribution in [0.4, 0.5) is 10.2 Å². The first kappa shape index (κ1) is 19.8. The molecule has 2 atom stereocenters. The molecule has 0 bridgehead atoms.